The molecule has 1 aliphatic carbocycles. The quantitative estimate of drug-likeness (QED) is 0.808. The van der Waals surface area contributed by atoms with Crippen molar-refractivity contribution in [1.29, 1.82) is 0 Å². The molecule has 1 aliphatic rings. The first-order chi connectivity index (χ1) is 9.77. The molecule has 104 valence electrons. The van der Waals surface area contributed by atoms with E-state index in [-0.39, 0.29) is 5.54 Å². The molecule has 0 saturated heterocycles. The number of hydrogen-bond acceptors (Lipinski definition) is 3. The van der Waals surface area contributed by atoms with Gasteiger partial charge in [0.25, 0.3) is 0 Å². The highest BCUT2D eigenvalue weighted by Crippen LogP contribution is 2.48. The van der Waals surface area contributed by atoms with Gasteiger partial charge in [-0.3, -0.25) is 0 Å². The average Bonchev–Trinajstić information content (AvgIpc) is 2.86. The van der Waals surface area contributed by atoms with Crippen molar-refractivity contribution in [2.45, 2.75) is 5.54 Å². The minimum Gasteiger partial charge on any atom is -0.376 e. The summed E-state index contributed by atoms with van der Waals surface area (Å²) in [6.07, 6.45) is 0. The Morgan fingerprint density at radius 2 is 1.10 bits per heavy atom. The number of benzene rings is 2. The van der Waals surface area contributed by atoms with Crippen molar-refractivity contribution in [3.63, 3.8) is 0 Å². The second kappa shape index (κ2) is 5.14. The van der Waals surface area contributed by atoms with Crippen LogP contribution in [-0.4, -0.2) is 30.1 Å². The smallest absolute Gasteiger partial charge is 0.376 e. The zero-order valence-electron chi connectivity index (χ0n) is 11.9. The van der Waals surface area contributed by atoms with Crippen molar-refractivity contribution in [2.24, 2.45) is 0 Å². The minimum atomic E-state index is -2.79. The van der Waals surface area contributed by atoms with E-state index in [4.69, 9.17) is 13.3 Å². The average molecular weight is 286 g/mol. The normalized spacial score (nSPS) is 14.2. The molecule has 0 heterocycles. The van der Waals surface area contributed by atoms with Crippen molar-refractivity contribution in [1.82, 2.24) is 0 Å². The Morgan fingerprint density at radius 3 is 1.50 bits per heavy atom. The third-order valence-electron chi connectivity index (χ3n) is 4.04. The summed E-state index contributed by atoms with van der Waals surface area (Å²) >= 11 is 0. The molecule has 0 atom stereocenters. The van der Waals surface area contributed by atoms with Crippen molar-refractivity contribution >= 4 is 8.80 Å². The van der Waals surface area contributed by atoms with Crippen LogP contribution in [0.4, 0.5) is 0 Å². The molecular formula is C16H18O3Si. The molecule has 0 N–H and O–H groups in total. The van der Waals surface area contributed by atoms with Gasteiger partial charge in [0.1, 0.15) is 0 Å². The third kappa shape index (κ3) is 1.77. The van der Waals surface area contributed by atoms with Gasteiger partial charge in [0.2, 0.25) is 0 Å². The predicted molar refractivity (Wildman–Crippen MR) is 80.5 cm³/mol. The van der Waals surface area contributed by atoms with Crippen LogP contribution in [0.5, 0.6) is 0 Å². The highest BCUT2D eigenvalue weighted by Gasteiger charge is 2.52. The first kappa shape index (κ1) is 13.5. The fraction of sp³-hybridized carbons (Fsp3) is 0.250. The van der Waals surface area contributed by atoms with Crippen molar-refractivity contribution in [2.75, 3.05) is 21.3 Å². The molecule has 0 saturated carbocycles. The Hall–Kier alpha value is -1.46. The predicted octanol–water partition coefficient (Wildman–Crippen LogP) is 3.22. The fourth-order valence-electron chi connectivity index (χ4n) is 3.14. The van der Waals surface area contributed by atoms with Gasteiger partial charge >= 0.3 is 8.80 Å². The van der Waals surface area contributed by atoms with Crippen LogP contribution >= 0.6 is 0 Å². The molecular weight excluding hydrogens is 268 g/mol. The second-order valence-corrected chi connectivity index (χ2v) is 7.83. The molecule has 2 aromatic carbocycles. The summed E-state index contributed by atoms with van der Waals surface area (Å²) in [5, 5.41) is 0. The SMILES string of the molecule is CO[Si](OC)(OC)C1c2ccccc2-c2ccccc21. The first-order valence-corrected chi connectivity index (χ1v) is 8.41. The number of rotatable bonds is 4. The molecule has 2 aromatic rings. The van der Waals surface area contributed by atoms with Crippen molar-refractivity contribution in [3.05, 3.63) is 59.7 Å². The van der Waals surface area contributed by atoms with Crippen LogP contribution in [0.2, 0.25) is 0 Å². The summed E-state index contributed by atoms with van der Waals surface area (Å²) in [5.74, 6) is 0. The van der Waals surface area contributed by atoms with E-state index < -0.39 is 8.80 Å². The van der Waals surface area contributed by atoms with Crippen LogP contribution in [0.15, 0.2) is 48.5 Å². The highest BCUT2D eigenvalue weighted by molar-refractivity contribution is 6.63. The lowest BCUT2D eigenvalue weighted by Gasteiger charge is -2.31. The molecule has 0 radical (unpaired) electrons. The molecule has 0 aromatic heterocycles. The van der Waals surface area contributed by atoms with Crippen LogP contribution in [0, 0.1) is 0 Å². The highest BCUT2D eigenvalue weighted by atomic mass is 28.4. The van der Waals surface area contributed by atoms with Crippen molar-refractivity contribution < 1.29 is 13.3 Å². The van der Waals surface area contributed by atoms with Gasteiger partial charge in [-0.1, -0.05) is 48.5 Å². The Kier molecular flexibility index (Phi) is 3.48. The maximum Gasteiger partial charge on any atom is 0.512 e. The first-order valence-electron chi connectivity index (χ1n) is 6.61. The van der Waals surface area contributed by atoms with Gasteiger partial charge in [-0.15, -0.1) is 0 Å². The van der Waals surface area contributed by atoms with E-state index in [9.17, 15) is 0 Å². The minimum absolute atomic E-state index is 0.0369. The lowest BCUT2D eigenvalue weighted by molar-refractivity contribution is 0.117. The van der Waals surface area contributed by atoms with E-state index in [1.807, 2.05) is 0 Å². The summed E-state index contributed by atoms with van der Waals surface area (Å²) < 4.78 is 17.2. The van der Waals surface area contributed by atoms with Crippen LogP contribution in [-0.2, 0) is 13.3 Å². The van der Waals surface area contributed by atoms with E-state index in [0.717, 1.165) is 0 Å². The van der Waals surface area contributed by atoms with E-state index in [1.165, 1.54) is 22.3 Å². The van der Waals surface area contributed by atoms with Crippen LogP contribution in [0.3, 0.4) is 0 Å². The third-order valence-corrected chi connectivity index (χ3v) is 7.08. The molecule has 0 amide bonds. The molecule has 3 rings (SSSR count). The van der Waals surface area contributed by atoms with E-state index in [0.29, 0.717) is 0 Å². The molecule has 0 aliphatic heterocycles. The second-order valence-electron chi connectivity index (χ2n) is 4.82. The lowest BCUT2D eigenvalue weighted by atomic mass is 10.1. The fourth-order valence-corrected chi connectivity index (χ4v) is 5.61. The molecule has 4 heteroatoms. The summed E-state index contributed by atoms with van der Waals surface area (Å²) in [4.78, 5) is 0. The molecule has 0 spiro atoms. The zero-order valence-corrected chi connectivity index (χ0v) is 12.9. The molecule has 3 nitrogen and oxygen atoms in total. The summed E-state index contributed by atoms with van der Waals surface area (Å²) in [7, 11) is 2.22. The molecule has 0 unspecified atom stereocenters. The maximum atomic E-state index is 5.73. The summed E-state index contributed by atoms with van der Waals surface area (Å²) in [6, 6.07) is 16.8. The molecule has 20 heavy (non-hydrogen) atoms. The van der Waals surface area contributed by atoms with Gasteiger partial charge in [0, 0.05) is 21.3 Å². The van der Waals surface area contributed by atoms with Gasteiger partial charge in [-0.05, 0) is 22.3 Å². The van der Waals surface area contributed by atoms with Crippen LogP contribution in [0.25, 0.3) is 11.1 Å². The number of fused-ring (bicyclic) bond motifs is 3. The van der Waals surface area contributed by atoms with Crippen LogP contribution in [0.1, 0.15) is 16.7 Å². The number of hydrogen-bond donors (Lipinski definition) is 0. The monoisotopic (exact) mass is 286 g/mol. The van der Waals surface area contributed by atoms with Gasteiger partial charge in [0.05, 0.1) is 5.54 Å². The van der Waals surface area contributed by atoms with Gasteiger partial charge in [0.15, 0.2) is 0 Å². The zero-order chi connectivity index (χ0) is 14.2. The van der Waals surface area contributed by atoms with E-state index in [1.54, 1.807) is 21.3 Å². The van der Waals surface area contributed by atoms with Crippen molar-refractivity contribution in [3.8, 4) is 11.1 Å². The largest absolute Gasteiger partial charge is 0.512 e. The Labute approximate surface area is 120 Å². The summed E-state index contributed by atoms with van der Waals surface area (Å²) in [5.41, 5.74) is 4.99. The Balaban J connectivity index is 2.26. The van der Waals surface area contributed by atoms with Gasteiger partial charge in [-0.25, -0.2) is 0 Å². The van der Waals surface area contributed by atoms with Gasteiger partial charge < -0.3 is 13.3 Å². The van der Waals surface area contributed by atoms with Gasteiger partial charge in [-0.2, -0.15) is 0 Å². The summed E-state index contributed by atoms with van der Waals surface area (Å²) in [6.45, 7) is 0. The molecule has 0 fully saturated rings. The Morgan fingerprint density at radius 1 is 0.700 bits per heavy atom. The van der Waals surface area contributed by atoms with Crippen LogP contribution < -0.4 is 0 Å². The topological polar surface area (TPSA) is 27.7 Å². The van der Waals surface area contributed by atoms with E-state index >= 15 is 0 Å². The molecule has 0 bridgehead atoms. The Bertz CT molecular complexity index is 569. The van der Waals surface area contributed by atoms with E-state index in [2.05, 4.69) is 48.5 Å². The maximum absolute atomic E-state index is 5.73. The lowest BCUT2D eigenvalue weighted by Crippen LogP contribution is -2.49. The standard InChI is InChI=1S/C16H18O3Si/c1-17-20(18-2,19-3)16-14-10-6-4-8-12(14)13-9-5-7-11-15(13)16/h4-11,16H,1-3H3.